The molecule has 2 nitrogen and oxygen atoms in total. The van der Waals surface area contributed by atoms with Crippen molar-refractivity contribution in [1.82, 2.24) is 0 Å². The van der Waals surface area contributed by atoms with Crippen molar-refractivity contribution in [3.05, 3.63) is 34.3 Å². The van der Waals surface area contributed by atoms with Crippen molar-refractivity contribution in [2.45, 2.75) is 32.0 Å². The van der Waals surface area contributed by atoms with Crippen LogP contribution in [0.3, 0.4) is 0 Å². The molecule has 16 heavy (non-hydrogen) atoms. The van der Waals surface area contributed by atoms with Gasteiger partial charge in [-0.1, -0.05) is 35.0 Å². The van der Waals surface area contributed by atoms with E-state index in [1.54, 1.807) is 0 Å². The van der Waals surface area contributed by atoms with E-state index in [9.17, 15) is 5.11 Å². The molecular formula is C13H17BrO2. The Kier molecular flexibility index (Phi) is 4.00. The van der Waals surface area contributed by atoms with Crippen LogP contribution in [0, 0.1) is 5.92 Å². The molecule has 1 N–H and O–H groups in total. The van der Waals surface area contributed by atoms with Gasteiger partial charge in [-0.15, -0.1) is 0 Å². The molecule has 0 aromatic heterocycles. The molecule has 3 unspecified atom stereocenters. The van der Waals surface area contributed by atoms with E-state index in [0.717, 1.165) is 23.1 Å². The molecule has 1 aromatic rings. The summed E-state index contributed by atoms with van der Waals surface area (Å²) in [6.45, 7) is 2.92. The second kappa shape index (κ2) is 5.30. The van der Waals surface area contributed by atoms with Crippen LogP contribution in [0.15, 0.2) is 28.7 Å². The molecule has 0 spiro atoms. The lowest BCUT2D eigenvalue weighted by atomic mass is 9.95. The third kappa shape index (κ3) is 2.84. The summed E-state index contributed by atoms with van der Waals surface area (Å²) in [6.07, 6.45) is 1.32. The Balaban J connectivity index is 1.99. The summed E-state index contributed by atoms with van der Waals surface area (Å²) in [5.74, 6) is 0.460. The van der Waals surface area contributed by atoms with E-state index in [-0.39, 0.29) is 6.10 Å². The van der Waals surface area contributed by atoms with Crippen molar-refractivity contribution >= 4 is 15.9 Å². The molecular weight excluding hydrogens is 268 g/mol. The molecule has 3 atom stereocenters. The fourth-order valence-corrected chi connectivity index (χ4v) is 2.68. The van der Waals surface area contributed by atoms with E-state index >= 15 is 0 Å². The first-order valence-electron chi connectivity index (χ1n) is 5.71. The maximum absolute atomic E-state index is 10.1. The van der Waals surface area contributed by atoms with Crippen molar-refractivity contribution in [3.8, 4) is 0 Å². The van der Waals surface area contributed by atoms with Crippen LogP contribution in [0.2, 0.25) is 0 Å². The lowest BCUT2D eigenvalue weighted by Crippen LogP contribution is -2.31. The van der Waals surface area contributed by atoms with Crippen LogP contribution in [-0.4, -0.2) is 23.9 Å². The third-order valence-electron chi connectivity index (χ3n) is 3.16. The van der Waals surface area contributed by atoms with Crippen LogP contribution < -0.4 is 0 Å². The van der Waals surface area contributed by atoms with E-state index in [1.165, 1.54) is 0 Å². The maximum Gasteiger partial charge on any atom is 0.0863 e. The van der Waals surface area contributed by atoms with Gasteiger partial charge in [0.2, 0.25) is 0 Å². The van der Waals surface area contributed by atoms with E-state index < -0.39 is 6.10 Å². The first kappa shape index (κ1) is 12.1. The van der Waals surface area contributed by atoms with Gasteiger partial charge in [0.15, 0.2) is 0 Å². The predicted molar refractivity (Wildman–Crippen MR) is 67.4 cm³/mol. The number of hydrogen-bond donors (Lipinski definition) is 1. The minimum absolute atomic E-state index is 0.000943. The van der Waals surface area contributed by atoms with Crippen molar-refractivity contribution < 1.29 is 9.84 Å². The number of benzene rings is 1. The molecule has 1 aromatic carbocycles. The van der Waals surface area contributed by atoms with Gasteiger partial charge >= 0.3 is 0 Å². The van der Waals surface area contributed by atoms with Crippen LogP contribution in [-0.2, 0) is 11.2 Å². The minimum atomic E-state index is -0.396. The van der Waals surface area contributed by atoms with E-state index in [1.807, 2.05) is 24.3 Å². The zero-order chi connectivity index (χ0) is 11.5. The Hall–Kier alpha value is -0.380. The van der Waals surface area contributed by atoms with Crippen molar-refractivity contribution in [2.75, 3.05) is 6.61 Å². The second-order valence-electron chi connectivity index (χ2n) is 4.50. The van der Waals surface area contributed by atoms with Gasteiger partial charge in [-0.3, -0.25) is 0 Å². The molecule has 1 saturated heterocycles. The number of halogens is 1. The van der Waals surface area contributed by atoms with E-state index in [0.29, 0.717) is 12.3 Å². The SMILES string of the molecule is CC1CCOC1C(O)Cc1cccc(Br)c1. The van der Waals surface area contributed by atoms with Crippen molar-refractivity contribution in [3.63, 3.8) is 0 Å². The van der Waals surface area contributed by atoms with Gasteiger partial charge in [-0.25, -0.2) is 0 Å². The fraction of sp³-hybridized carbons (Fsp3) is 0.538. The number of rotatable bonds is 3. The van der Waals surface area contributed by atoms with E-state index in [2.05, 4.69) is 22.9 Å². The molecule has 0 saturated carbocycles. The topological polar surface area (TPSA) is 29.5 Å². The van der Waals surface area contributed by atoms with E-state index in [4.69, 9.17) is 4.74 Å². The zero-order valence-electron chi connectivity index (χ0n) is 9.40. The lowest BCUT2D eigenvalue weighted by Gasteiger charge is -2.21. The quantitative estimate of drug-likeness (QED) is 0.925. The lowest BCUT2D eigenvalue weighted by molar-refractivity contribution is -0.0157. The predicted octanol–water partition coefficient (Wildman–Crippen LogP) is 2.78. The van der Waals surface area contributed by atoms with Crippen LogP contribution in [0.4, 0.5) is 0 Å². The van der Waals surface area contributed by atoms with Crippen LogP contribution >= 0.6 is 15.9 Å². The highest BCUT2D eigenvalue weighted by Crippen LogP contribution is 2.25. The molecule has 1 fully saturated rings. The summed E-state index contributed by atoms with van der Waals surface area (Å²) in [5, 5.41) is 10.1. The highest BCUT2D eigenvalue weighted by atomic mass is 79.9. The zero-order valence-corrected chi connectivity index (χ0v) is 11.0. The molecule has 1 aliphatic heterocycles. The number of hydrogen-bond acceptors (Lipinski definition) is 2. The van der Waals surface area contributed by atoms with Gasteiger partial charge < -0.3 is 9.84 Å². The standard InChI is InChI=1S/C13H17BrO2/c1-9-5-6-16-13(9)12(15)8-10-3-2-4-11(14)7-10/h2-4,7,9,12-13,15H,5-6,8H2,1H3. The van der Waals surface area contributed by atoms with Crippen LogP contribution in [0.1, 0.15) is 18.9 Å². The molecule has 0 amide bonds. The minimum Gasteiger partial charge on any atom is -0.390 e. The summed E-state index contributed by atoms with van der Waals surface area (Å²) in [4.78, 5) is 0. The van der Waals surface area contributed by atoms with Crippen LogP contribution in [0.5, 0.6) is 0 Å². The molecule has 88 valence electrons. The van der Waals surface area contributed by atoms with Gasteiger partial charge in [-0.2, -0.15) is 0 Å². The molecule has 2 rings (SSSR count). The molecule has 1 aliphatic rings. The summed E-state index contributed by atoms with van der Waals surface area (Å²) in [6, 6.07) is 8.06. The Morgan fingerprint density at radius 3 is 3.00 bits per heavy atom. The average molecular weight is 285 g/mol. The Labute approximate surface area is 105 Å². The monoisotopic (exact) mass is 284 g/mol. The van der Waals surface area contributed by atoms with Gasteiger partial charge in [0.25, 0.3) is 0 Å². The molecule has 0 bridgehead atoms. The second-order valence-corrected chi connectivity index (χ2v) is 5.42. The van der Waals surface area contributed by atoms with Crippen molar-refractivity contribution in [1.29, 1.82) is 0 Å². The van der Waals surface area contributed by atoms with Gasteiger partial charge in [0.05, 0.1) is 12.2 Å². The first-order chi connectivity index (χ1) is 7.66. The number of aliphatic hydroxyl groups excluding tert-OH is 1. The molecule has 0 aliphatic carbocycles. The summed E-state index contributed by atoms with van der Waals surface area (Å²) >= 11 is 3.43. The Morgan fingerprint density at radius 1 is 1.56 bits per heavy atom. The first-order valence-corrected chi connectivity index (χ1v) is 6.50. The number of aliphatic hydroxyl groups is 1. The van der Waals surface area contributed by atoms with Gasteiger partial charge in [0, 0.05) is 17.5 Å². The summed E-state index contributed by atoms with van der Waals surface area (Å²) in [7, 11) is 0. The van der Waals surface area contributed by atoms with Crippen molar-refractivity contribution in [2.24, 2.45) is 5.92 Å². The van der Waals surface area contributed by atoms with Gasteiger partial charge in [-0.05, 0) is 30.0 Å². The fourth-order valence-electron chi connectivity index (χ4n) is 2.23. The molecule has 3 heteroatoms. The normalized spacial score (nSPS) is 26.9. The van der Waals surface area contributed by atoms with Gasteiger partial charge in [0.1, 0.15) is 0 Å². The highest BCUT2D eigenvalue weighted by Gasteiger charge is 2.30. The number of ether oxygens (including phenoxy) is 1. The Bertz CT molecular complexity index is 354. The third-order valence-corrected chi connectivity index (χ3v) is 3.65. The summed E-state index contributed by atoms with van der Waals surface area (Å²) in [5.41, 5.74) is 1.14. The molecule has 1 heterocycles. The van der Waals surface area contributed by atoms with Crippen LogP contribution in [0.25, 0.3) is 0 Å². The summed E-state index contributed by atoms with van der Waals surface area (Å²) < 4.78 is 6.62. The highest BCUT2D eigenvalue weighted by molar-refractivity contribution is 9.10. The average Bonchev–Trinajstić information content (AvgIpc) is 2.64. The molecule has 0 radical (unpaired) electrons. The maximum atomic E-state index is 10.1. The smallest absolute Gasteiger partial charge is 0.0863 e. The largest absolute Gasteiger partial charge is 0.390 e. The Morgan fingerprint density at radius 2 is 2.38 bits per heavy atom.